The number of benzene rings is 3. The predicted octanol–water partition coefficient (Wildman–Crippen LogP) is 4.52. The van der Waals surface area contributed by atoms with Crippen molar-refractivity contribution < 1.29 is 52.2 Å². The largest absolute Gasteiger partial charge is 0.496 e. The van der Waals surface area contributed by atoms with Crippen LogP contribution >= 0.6 is 0 Å². The number of aldehydes is 1. The molecule has 0 saturated carbocycles. The number of carbonyl (C=O) groups excluding carboxylic acids is 2. The number of methoxy groups -OCH3 is 9. The lowest BCUT2D eigenvalue weighted by Crippen LogP contribution is -2.13. The molecule has 0 unspecified atom stereocenters. The molecule has 0 bridgehead atoms. The van der Waals surface area contributed by atoms with Gasteiger partial charge in [-0.25, -0.2) is 4.79 Å². The Hall–Kier alpha value is -5.02. The van der Waals surface area contributed by atoms with Crippen LogP contribution in [0.25, 0.3) is 0 Å². The van der Waals surface area contributed by atoms with E-state index in [0.717, 1.165) is 6.08 Å². The molecule has 3 aromatic carbocycles. The van der Waals surface area contributed by atoms with Crippen LogP contribution < -0.4 is 42.6 Å². The highest BCUT2D eigenvalue weighted by Crippen LogP contribution is 2.55. The lowest BCUT2D eigenvalue weighted by atomic mass is 9.81. The minimum absolute atomic E-state index is 0.382. The van der Waals surface area contributed by atoms with Crippen molar-refractivity contribution in [3.8, 4) is 51.7 Å². The molecule has 0 aliphatic rings. The van der Waals surface area contributed by atoms with Crippen LogP contribution in [-0.4, -0.2) is 76.2 Å². The van der Waals surface area contributed by atoms with E-state index in [9.17, 15) is 0 Å². The van der Waals surface area contributed by atoms with E-state index in [-0.39, 0.29) is 0 Å². The Bertz CT molecular complexity index is 1170. The average Bonchev–Trinajstić information content (AvgIpc) is 3.04. The zero-order valence-electron chi connectivity index (χ0n) is 25.2. The fourth-order valence-corrected chi connectivity index (χ4v) is 4.41. The highest BCUT2D eigenvalue weighted by Gasteiger charge is 2.36. The summed E-state index contributed by atoms with van der Waals surface area (Å²) in [5.41, 5.74) is 2.03. The zero-order chi connectivity index (χ0) is 31.2. The van der Waals surface area contributed by atoms with E-state index in [2.05, 4.69) is 0 Å². The second kappa shape index (κ2) is 16.3. The molecule has 0 saturated heterocycles. The topological polar surface area (TPSA) is 117 Å². The normalized spacial score (nSPS) is 9.86. The Morgan fingerprint density at radius 3 is 0.833 bits per heavy atom. The summed E-state index contributed by atoms with van der Waals surface area (Å²) < 4.78 is 51.7. The number of hydrogen-bond acceptors (Lipinski definition) is 11. The maximum atomic E-state index is 9.09. The quantitative estimate of drug-likeness (QED) is 0.122. The monoisotopic (exact) mass is 584 g/mol. The molecule has 0 heterocycles. The molecule has 3 rings (SSSR count). The van der Waals surface area contributed by atoms with E-state index in [0.29, 0.717) is 74.7 Å². The van der Waals surface area contributed by atoms with E-state index in [1.165, 1.54) is 5.94 Å². The molecular formula is C31H36O11. The van der Waals surface area contributed by atoms with Gasteiger partial charge in [0.2, 0.25) is 0 Å². The second-order valence-electron chi connectivity index (χ2n) is 8.19. The van der Waals surface area contributed by atoms with Crippen molar-refractivity contribution >= 4 is 12.2 Å². The first-order valence-corrected chi connectivity index (χ1v) is 12.4. The van der Waals surface area contributed by atoms with Crippen LogP contribution in [0.15, 0.2) is 42.5 Å². The van der Waals surface area contributed by atoms with Crippen LogP contribution in [0.3, 0.4) is 0 Å². The molecule has 0 amide bonds. The molecule has 42 heavy (non-hydrogen) atoms. The first kappa shape index (κ1) is 33.2. The third-order valence-corrected chi connectivity index (χ3v) is 6.26. The molecule has 0 fully saturated rings. The summed E-state index contributed by atoms with van der Waals surface area (Å²) in [6, 6.07) is 10.7. The Balaban J connectivity index is 0.00000113. The number of ether oxygens (including phenoxy) is 9. The van der Waals surface area contributed by atoms with Gasteiger partial charge in [0, 0.05) is 53.1 Å². The van der Waals surface area contributed by atoms with E-state index in [1.54, 1.807) is 100 Å². The fraction of sp³-hybridized carbons (Fsp3) is 0.323. The Morgan fingerprint density at radius 1 is 0.476 bits per heavy atom. The molecule has 0 radical (unpaired) electrons. The maximum Gasteiger partial charge on any atom is 0.153 e. The van der Waals surface area contributed by atoms with Crippen molar-refractivity contribution in [1.29, 1.82) is 0 Å². The van der Waals surface area contributed by atoms with Crippen LogP contribution in [0, 0.1) is 0 Å². The van der Waals surface area contributed by atoms with Crippen LogP contribution in [0.2, 0.25) is 0 Å². The maximum absolute atomic E-state index is 9.09. The van der Waals surface area contributed by atoms with E-state index in [1.807, 2.05) is 0 Å². The van der Waals surface area contributed by atoms with E-state index in [4.69, 9.17) is 52.2 Å². The molecule has 11 heteroatoms. The van der Waals surface area contributed by atoms with Gasteiger partial charge in [-0.05, 0) is 0 Å². The van der Waals surface area contributed by atoms with Gasteiger partial charge in [0.1, 0.15) is 57.7 Å². The Morgan fingerprint density at radius 2 is 0.714 bits per heavy atom. The summed E-state index contributed by atoms with van der Waals surface area (Å²) in [5, 5.41) is 0. The number of hydrogen-bond donors (Lipinski definition) is 0. The lowest BCUT2D eigenvalue weighted by molar-refractivity contribution is -0.104. The van der Waals surface area contributed by atoms with Crippen molar-refractivity contribution in [3.05, 3.63) is 59.2 Å². The highest BCUT2D eigenvalue weighted by molar-refractivity contribution is 5.77. The Labute approximate surface area is 245 Å². The molecule has 0 spiro atoms. The molecule has 0 aliphatic carbocycles. The van der Waals surface area contributed by atoms with Crippen LogP contribution in [-0.2, 0) is 9.59 Å². The third kappa shape index (κ3) is 7.18. The van der Waals surface area contributed by atoms with Crippen molar-refractivity contribution in [2.75, 3.05) is 64.0 Å². The van der Waals surface area contributed by atoms with Crippen LogP contribution in [0.5, 0.6) is 51.7 Å². The molecule has 226 valence electrons. The van der Waals surface area contributed by atoms with Gasteiger partial charge in [-0.2, -0.15) is 0 Å². The molecular weight excluding hydrogens is 548 g/mol. The SMILES string of the molecule is COc1cc(OC)c(C(c2c(OC)cc(OC)cc2OC)c2c(OC)cc(OC)cc2OC)c(OC)c1.O=C=CC=O. The summed E-state index contributed by atoms with van der Waals surface area (Å²) in [4.78, 5) is 18.1. The van der Waals surface area contributed by atoms with Gasteiger partial charge in [-0.3, -0.25) is 4.79 Å². The second-order valence-corrected chi connectivity index (χ2v) is 8.19. The van der Waals surface area contributed by atoms with Crippen molar-refractivity contribution in [3.63, 3.8) is 0 Å². The standard InChI is InChI=1S/C28H34O9.C3H2O2/c1-29-16-10-19(32-4)25(20(11-16)33-5)28(26-21(34-6)12-17(30-2)13-22(26)35-7)27-23(36-8)14-18(31-3)15-24(27)37-9;4-2-1-3-5/h10-15,28H,1-9H3;1-2H. The van der Waals surface area contributed by atoms with Crippen molar-refractivity contribution in [2.45, 2.75) is 5.92 Å². The summed E-state index contributed by atoms with van der Waals surface area (Å²) in [5.74, 6) is 5.44. The van der Waals surface area contributed by atoms with Gasteiger partial charge in [-0.1, -0.05) is 0 Å². The first-order valence-electron chi connectivity index (χ1n) is 12.4. The smallest absolute Gasteiger partial charge is 0.153 e. The van der Waals surface area contributed by atoms with Gasteiger partial charge in [0.15, 0.2) is 6.29 Å². The molecule has 3 aromatic rings. The summed E-state index contributed by atoms with van der Waals surface area (Å²) in [6.45, 7) is 0. The minimum atomic E-state index is -0.623. The molecule has 0 aromatic heterocycles. The number of allylic oxidation sites excluding steroid dienone is 1. The highest BCUT2D eigenvalue weighted by atomic mass is 16.5. The molecule has 0 aliphatic heterocycles. The van der Waals surface area contributed by atoms with Gasteiger partial charge in [-0.15, -0.1) is 0 Å². The first-order chi connectivity index (χ1) is 20.4. The zero-order valence-corrected chi connectivity index (χ0v) is 25.2. The van der Waals surface area contributed by atoms with Gasteiger partial charge >= 0.3 is 0 Å². The summed E-state index contributed by atoms with van der Waals surface area (Å²) in [6.07, 6.45) is 1.15. The van der Waals surface area contributed by atoms with Crippen LogP contribution in [0.4, 0.5) is 0 Å². The van der Waals surface area contributed by atoms with Gasteiger partial charge in [0.25, 0.3) is 0 Å². The number of rotatable bonds is 13. The van der Waals surface area contributed by atoms with E-state index >= 15 is 0 Å². The van der Waals surface area contributed by atoms with Crippen molar-refractivity contribution in [1.82, 2.24) is 0 Å². The van der Waals surface area contributed by atoms with Crippen LogP contribution in [0.1, 0.15) is 22.6 Å². The summed E-state index contributed by atoms with van der Waals surface area (Å²) in [7, 11) is 14.2. The third-order valence-electron chi connectivity index (χ3n) is 6.26. The number of carbonyl (C=O) groups is 1. The van der Waals surface area contributed by atoms with Gasteiger partial charge < -0.3 is 42.6 Å². The van der Waals surface area contributed by atoms with Gasteiger partial charge in [0.05, 0.1) is 76.0 Å². The van der Waals surface area contributed by atoms with Crippen molar-refractivity contribution in [2.24, 2.45) is 0 Å². The fourth-order valence-electron chi connectivity index (χ4n) is 4.41. The average molecular weight is 585 g/mol. The molecule has 0 atom stereocenters. The Kier molecular flexibility index (Phi) is 12.9. The van der Waals surface area contributed by atoms with E-state index < -0.39 is 5.92 Å². The minimum Gasteiger partial charge on any atom is -0.496 e. The molecule has 0 N–H and O–H groups in total. The summed E-state index contributed by atoms with van der Waals surface area (Å²) >= 11 is 0. The lowest BCUT2D eigenvalue weighted by Gasteiger charge is -2.29. The molecule has 11 nitrogen and oxygen atoms in total. The predicted molar refractivity (Wildman–Crippen MR) is 156 cm³/mol.